The molecule has 0 spiro atoms. The lowest BCUT2D eigenvalue weighted by atomic mass is 10.1. The number of methoxy groups -OCH3 is 1. The monoisotopic (exact) mass is 368 g/mol. The third kappa shape index (κ3) is 5.73. The molecule has 1 amide bonds. The second kappa shape index (κ2) is 9.42. The fraction of sp³-hybridized carbons (Fsp3) is 0.409. The fourth-order valence-corrected chi connectivity index (χ4v) is 3.18. The molecule has 5 nitrogen and oxygen atoms in total. The van der Waals surface area contributed by atoms with E-state index in [0.29, 0.717) is 13.0 Å². The fourth-order valence-electron chi connectivity index (χ4n) is 3.18. The van der Waals surface area contributed by atoms with Crippen LogP contribution in [-0.4, -0.2) is 62.1 Å². The van der Waals surface area contributed by atoms with Crippen molar-refractivity contribution < 1.29 is 14.3 Å². The molecule has 1 fully saturated rings. The van der Waals surface area contributed by atoms with Gasteiger partial charge in [-0.1, -0.05) is 29.8 Å². The minimum atomic E-state index is 0.216. The summed E-state index contributed by atoms with van der Waals surface area (Å²) in [5.41, 5.74) is 2.30. The Labute approximate surface area is 161 Å². The number of aryl methyl sites for hydroxylation is 1. The molecule has 5 heteroatoms. The van der Waals surface area contributed by atoms with Gasteiger partial charge in [0.25, 0.3) is 0 Å². The molecule has 0 atom stereocenters. The Morgan fingerprint density at radius 1 is 0.926 bits per heavy atom. The highest BCUT2D eigenvalue weighted by molar-refractivity contribution is 5.78. The predicted molar refractivity (Wildman–Crippen MR) is 106 cm³/mol. The quantitative estimate of drug-likeness (QED) is 0.754. The van der Waals surface area contributed by atoms with Crippen LogP contribution in [0.25, 0.3) is 0 Å². The second-order valence-corrected chi connectivity index (χ2v) is 6.91. The standard InChI is InChI=1S/C22H28N2O3/c1-18-3-5-19(6-4-18)17-22(25)24-13-11-23(12-14-24)15-16-27-21-9-7-20(26-2)8-10-21/h3-10H,11-17H2,1-2H3. The first-order chi connectivity index (χ1) is 13.1. The van der Waals surface area contributed by atoms with E-state index in [1.54, 1.807) is 7.11 Å². The molecule has 0 saturated carbocycles. The lowest BCUT2D eigenvalue weighted by Gasteiger charge is -2.34. The Bertz CT molecular complexity index is 720. The highest BCUT2D eigenvalue weighted by Crippen LogP contribution is 2.17. The Kier molecular flexibility index (Phi) is 6.71. The number of hydrogen-bond donors (Lipinski definition) is 0. The zero-order valence-corrected chi connectivity index (χ0v) is 16.2. The van der Waals surface area contributed by atoms with Gasteiger partial charge in [0.05, 0.1) is 13.5 Å². The minimum Gasteiger partial charge on any atom is -0.497 e. The molecule has 1 aliphatic heterocycles. The van der Waals surface area contributed by atoms with E-state index in [0.717, 1.165) is 49.8 Å². The third-order valence-corrected chi connectivity index (χ3v) is 4.94. The van der Waals surface area contributed by atoms with Crippen molar-refractivity contribution in [1.29, 1.82) is 0 Å². The molecule has 144 valence electrons. The highest BCUT2D eigenvalue weighted by Gasteiger charge is 2.20. The average molecular weight is 368 g/mol. The van der Waals surface area contributed by atoms with Crippen molar-refractivity contribution in [2.45, 2.75) is 13.3 Å². The van der Waals surface area contributed by atoms with Crippen LogP contribution >= 0.6 is 0 Å². The molecule has 0 unspecified atom stereocenters. The van der Waals surface area contributed by atoms with E-state index in [1.165, 1.54) is 5.56 Å². The number of benzene rings is 2. The summed E-state index contributed by atoms with van der Waals surface area (Å²) in [7, 11) is 1.65. The van der Waals surface area contributed by atoms with Crippen molar-refractivity contribution in [1.82, 2.24) is 9.80 Å². The molecule has 2 aromatic rings. The summed E-state index contributed by atoms with van der Waals surface area (Å²) in [6.45, 7) is 6.93. The summed E-state index contributed by atoms with van der Waals surface area (Å²) in [6.07, 6.45) is 0.487. The largest absolute Gasteiger partial charge is 0.497 e. The van der Waals surface area contributed by atoms with E-state index >= 15 is 0 Å². The number of ether oxygens (including phenoxy) is 2. The smallest absolute Gasteiger partial charge is 0.227 e. The maximum atomic E-state index is 12.5. The van der Waals surface area contributed by atoms with Gasteiger partial charge in [0.1, 0.15) is 18.1 Å². The molecular formula is C22H28N2O3. The SMILES string of the molecule is COc1ccc(OCCN2CCN(C(=O)Cc3ccc(C)cc3)CC2)cc1. The van der Waals surface area contributed by atoms with Crippen molar-refractivity contribution >= 4 is 5.91 Å². The van der Waals surface area contributed by atoms with Crippen LogP contribution < -0.4 is 9.47 Å². The van der Waals surface area contributed by atoms with Crippen LogP contribution in [0.4, 0.5) is 0 Å². The zero-order valence-electron chi connectivity index (χ0n) is 16.2. The van der Waals surface area contributed by atoms with Crippen LogP contribution in [0, 0.1) is 6.92 Å². The van der Waals surface area contributed by atoms with Gasteiger partial charge in [-0.25, -0.2) is 0 Å². The number of piperazine rings is 1. The number of amides is 1. The molecule has 1 heterocycles. The van der Waals surface area contributed by atoms with Gasteiger partial charge in [-0.05, 0) is 36.8 Å². The van der Waals surface area contributed by atoms with Gasteiger partial charge in [0, 0.05) is 32.7 Å². The molecule has 0 radical (unpaired) electrons. The van der Waals surface area contributed by atoms with E-state index in [-0.39, 0.29) is 5.91 Å². The summed E-state index contributed by atoms with van der Waals surface area (Å²) >= 11 is 0. The van der Waals surface area contributed by atoms with Gasteiger partial charge in [-0.3, -0.25) is 9.69 Å². The van der Waals surface area contributed by atoms with Crippen LogP contribution in [0.3, 0.4) is 0 Å². The van der Waals surface area contributed by atoms with Crippen molar-refractivity contribution in [2.24, 2.45) is 0 Å². The molecule has 27 heavy (non-hydrogen) atoms. The Hall–Kier alpha value is -2.53. The Morgan fingerprint density at radius 3 is 2.19 bits per heavy atom. The lowest BCUT2D eigenvalue weighted by Crippen LogP contribution is -2.49. The average Bonchev–Trinajstić information content (AvgIpc) is 2.71. The first-order valence-corrected chi connectivity index (χ1v) is 9.46. The van der Waals surface area contributed by atoms with Crippen molar-refractivity contribution in [2.75, 3.05) is 46.4 Å². The number of nitrogens with zero attached hydrogens (tertiary/aromatic N) is 2. The molecule has 1 saturated heterocycles. The number of carbonyl (C=O) groups is 1. The predicted octanol–water partition coefficient (Wildman–Crippen LogP) is 2.77. The Balaban J connectivity index is 1.36. The van der Waals surface area contributed by atoms with E-state index in [4.69, 9.17) is 9.47 Å². The third-order valence-electron chi connectivity index (χ3n) is 4.94. The summed E-state index contributed by atoms with van der Waals surface area (Å²) in [6, 6.07) is 15.8. The molecular weight excluding hydrogens is 340 g/mol. The summed E-state index contributed by atoms with van der Waals surface area (Å²) in [4.78, 5) is 16.8. The number of rotatable bonds is 7. The summed E-state index contributed by atoms with van der Waals surface area (Å²) in [5.74, 6) is 1.89. The molecule has 3 rings (SSSR count). The zero-order chi connectivity index (χ0) is 19.1. The normalized spacial score (nSPS) is 14.8. The maximum absolute atomic E-state index is 12.5. The van der Waals surface area contributed by atoms with Gasteiger partial charge < -0.3 is 14.4 Å². The molecule has 0 aromatic heterocycles. The lowest BCUT2D eigenvalue weighted by molar-refractivity contribution is -0.132. The summed E-state index contributed by atoms with van der Waals surface area (Å²) in [5, 5.41) is 0. The van der Waals surface area contributed by atoms with Crippen LogP contribution in [-0.2, 0) is 11.2 Å². The van der Waals surface area contributed by atoms with E-state index in [1.807, 2.05) is 41.3 Å². The van der Waals surface area contributed by atoms with E-state index < -0.39 is 0 Å². The van der Waals surface area contributed by atoms with E-state index in [9.17, 15) is 4.79 Å². The molecule has 0 bridgehead atoms. The first-order valence-electron chi connectivity index (χ1n) is 9.46. The second-order valence-electron chi connectivity index (χ2n) is 6.91. The van der Waals surface area contributed by atoms with Gasteiger partial charge in [-0.2, -0.15) is 0 Å². The maximum Gasteiger partial charge on any atom is 0.227 e. The van der Waals surface area contributed by atoms with Gasteiger partial charge in [0.15, 0.2) is 0 Å². The van der Waals surface area contributed by atoms with E-state index in [2.05, 4.69) is 24.0 Å². The topological polar surface area (TPSA) is 42.0 Å². The number of hydrogen-bond acceptors (Lipinski definition) is 4. The van der Waals surface area contributed by atoms with Crippen LogP contribution in [0.1, 0.15) is 11.1 Å². The highest BCUT2D eigenvalue weighted by atomic mass is 16.5. The van der Waals surface area contributed by atoms with Crippen LogP contribution in [0.5, 0.6) is 11.5 Å². The number of carbonyl (C=O) groups excluding carboxylic acids is 1. The molecule has 0 N–H and O–H groups in total. The molecule has 2 aromatic carbocycles. The first kappa shape index (κ1) is 19.2. The van der Waals surface area contributed by atoms with Crippen molar-refractivity contribution in [3.05, 3.63) is 59.7 Å². The van der Waals surface area contributed by atoms with Gasteiger partial charge >= 0.3 is 0 Å². The minimum absolute atomic E-state index is 0.216. The van der Waals surface area contributed by atoms with Gasteiger partial charge in [0.2, 0.25) is 5.91 Å². The summed E-state index contributed by atoms with van der Waals surface area (Å²) < 4.78 is 10.9. The van der Waals surface area contributed by atoms with Crippen molar-refractivity contribution in [3.63, 3.8) is 0 Å². The van der Waals surface area contributed by atoms with Gasteiger partial charge in [-0.15, -0.1) is 0 Å². The van der Waals surface area contributed by atoms with Crippen molar-refractivity contribution in [3.8, 4) is 11.5 Å². The molecule has 0 aliphatic carbocycles. The Morgan fingerprint density at radius 2 is 1.56 bits per heavy atom. The molecule has 1 aliphatic rings. The van der Waals surface area contributed by atoms with Crippen LogP contribution in [0.2, 0.25) is 0 Å². The van der Waals surface area contributed by atoms with Crippen LogP contribution in [0.15, 0.2) is 48.5 Å².